The highest BCUT2D eigenvalue weighted by Gasteiger charge is 2.38. The molecule has 34 heavy (non-hydrogen) atoms. The van der Waals surface area contributed by atoms with Gasteiger partial charge in [-0.15, -0.1) is 0 Å². The van der Waals surface area contributed by atoms with Crippen molar-refractivity contribution in [2.24, 2.45) is 5.92 Å². The molecule has 6 rings (SSSR count). The maximum Gasteiger partial charge on any atom is 0.345 e. The van der Waals surface area contributed by atoms with Crippen LogP contribution in [0.2, 0.25) is 0 Å². The maximum atomic E-state index is 12.9. The highest BCUT2D eigenvalue weighted by molar-refractivity contribution is 5.84. The van der Waals surface area contributed by atoms with Crippen LogP contribution in [0.25, 0.3) is 27.9 Å². The molecule has 4 aromatic rings. The fourth-order valence-corrected chi connectivity index (χ4v) is 5.80. The first kappa shape index (κ1) is 21.3. The van der Waals surface area contributed by atoms with Crippen LogP contribution in [0.15, 0.2) is 45.9 Å². The van der Waals surface area contributed by atoms with Crippen LogP contribution in [0, 0.1) is 19.8 Å². The molecule has 2 fully saturated rings. The topological polar surface area (TPSA) is 87.1 Å². The van der Waals surface area contributed by atoms with Gasteiger partial charge in [-0.1, -0.05) is 0 Å². The van der Waals surface area contributed by atoms with Crippen molar-refractivity contribution in [2.75, 3.05) is 37.7 Å². The first-order chi connectivity index (χ1) is 16.5. The molecule has 1 aromatic carbocycles. The van der Waals surface area contributed by atoms with Gasteiger partial charge in [-0.3, -0.25) is 9.88 Å². The summed E-state index contributed by atoms with van der Waals surface area (Å²) in [6, 6.07) is 8.46. The fraction of sp³-hybridized carbons (Fsp3) is 0.423. The standard InChI is InChI=1S/C26H29N5O3/c1-16-12-31-14-22(28-25(31)17(2)27-16)21-10-18-5-6-20(11-24(18)34-26(21)33)30-13-19-4-3-7-29(8-9-32)23(19)15-30/h5-6,10-12,14,19,23,32H,3-4,7-9,13,15H2,1-2H3. The van der Waals surface area contributed by atoms with Gasteiger partial charge in [-0.2, -0.15) is 0 Å². The number of aromatic nitrogens is 3. The van der Waals surface area contributed by atoms with Crippen LogP contribution in [0.5, 0.6) is 0 Å². The molecule has 0 saturated carbocycles. The minimum Gasteiger partial charge on any atom is -0.422 e. The Labute approximate surface area is 197 Å². The Morgan fingerprint density at radius 2 is 2.03 bits per heavy atom. The Morgan fingerprint density at radius 1 is 1.15 bits per heavy atom. The van der Waals surface area contributed by atoms with Crippen LogP contribution >= 0.6 is 0 Å². The summed E-state index contributed by atoms with van der Waals surface area (Å²) in [4.78, 5) is 26.9. The van der Waals surface area contributed by atoms with Crippen molar-refractivity contribution in [1.82, 2.24) is 19.3 Å². The first-order valence-electron chi connectivity index (χ1n) is 12.0. The lowest BCUT2D eigenvalue weighted by atomic mass is 9.92. The summed E-state index contributed by atoms with van der Waals surface area (Å²) < 4.78 is 7.69. The molecule has 8 heteroatoms. The first-order valence-corrected chi connectivity index (χ1v) is 12.0. The highest BCUT2D eigenvalue weighted by atomic mass is 16.4. The van der Waals surface area contributed by atoms with E-state index in [-0.39, 0.29) is 12.2 Å². The van der Waals surface area contributed by atoms with Gasteiger partial charge in [0.05, 0.1) is 29.3 Å². The molecule has 2 aliphatic rings. The predicted octanol–water partition coefficient (Wildman–Crippen LogP) is 3.01. The zero-order valence-corrected chi connectivity index (χ0v) is 19.6. The summed E-state index contributed by atoms with van der Waals surface area (Å²) in [5.74, 6) is 0.613. The number of piperidine rings is 1. The average Bonchev–Trinajstić information content (AvgIpc) is 3.43. The van der Waals surface area contributed by atoms with Crippen LogP contribution in [0.1, 0.15) is 24.2 Å². The van der Waals surface area contributed by atoms with E-state index in [1.807, 2.05) is 48.8 Å². The van der Waals surface area contributed by atoms with Crippen LogP contribution in [0.3, 0.4) is 0 Å². The van der Waals surface area contributed by atoms with Crippen LogP contribution in [-0.2, 0) is 0 Å². The number of rotatable bonds is 4. The second-order valence-electron chi connectivity index (χ2n) is 9.63. The van der Waals surface area contributed by atoms with Crippen molar-refractivity contribution in [1.29, 1.82) is 0 Å². The Balaban J connectivity index is 1.32. The number of likely N-dealkylation sites (tertiary alicyclic amines) is 1. The van der Waals surface area contributed by atoms with Gasteiger partial charge in [0.25, 0.3) is 0 Å². The summed E-state index contributed by atoms with van der Waals surface area (Å²) in [6.07, 6.45) is 6.17. The zero-order chi connectivity index (χ0) is 23.4. The number of aliphatic hydroxyl groups excluding tert-OH is 1. The smallest absolute Gasteiger partial charge is 0.345 e. The van der Waals surface area contributed by atoms with E-state index in [0.29, 0.717) is 28.8 Å². The Bertz CT molecular complexity index is 1440. The van der Waals surface area contributed by atoms with Gasteiger partial charge in [-0.05, 0) is 57.4 Å². The van der Waals surface area contributed by atoms with Gasteiger partial charge in [0, 0.05) is 55.2 Å². The number of imidazole rings is 1. The molecule has 0 spiro atoms. The van der Waals surface area contributed by atoms with Crippen molar-refractivity contribution < 1.29 is 9.52 Å². The van der Waals surface area contributed by atoms with Crippen LogP contribution < -0.4 is 10.5 Å². The minimum absolute atomic E-state index is 0.203. The zero-order valence-electron chi connectivity index (χ0n) is 19.6. The van der Waals surface area contributed by atoms with E-state index >= 15 is 0 Å². The summed E-state index contributed by atoms with van der Waals surface area (Å²) in [6.45, 7) is 7.79. The highest BCUT2D eigenvalue weighted by Crippen LogP contribution is 2.34. The molecule has 8 nitrogen and oxygen atoms in total. The van der Waals surface area contributed by atoms with Crippen molar-refractivity contribution in [3.63, 3.8) is 0 Å². The third-order valence-electron chi connectivity index (χ3n) is 7.37. The number of aliphatic hydroxyl groups is 1. The number of β-amino-alcohol motifs (C(OH)–C–C–N with tert-alkyl or cyclic N) is 1. The number of hydrogen-bond donors (Lipinski definition) is 1. The largest absolute Gasteiger partial charge is 0.422 e. The lowest BCUT2D eigenvalue weighted by molar-refractivity contribution is 0.100. The molecule has 176 valence electrons. The second-order valence-corrected chi connectivity index (χ2v) is 9.63. The van der Waals surface area contributed by atoms with Gasteiger partial charge < -0.3 is 18.8 Å². The summed E-state index contributed by atoms with van der Waals surface area (Å²) in [7, 11) is 0. The van der Waals surface area contributed by atoms with Gasteiger partial charge >= 0.3 is 5.63 Å². The van der Waals surface area contributed by atoms with Crippen LogP contribution in [-0.4, -0.2) is 63.2 Å². The van der Waals surface area contributed by atoms with Gasteiger partial charge in [0.2, 0.25) is 0 Å². The van der Waals surface area contributed by atoms with E-state index in [2.05, 4.69) is 25.8 Å². The van der Waals surface area contributed by atoms with Crippen molar-refractivity contribution in [2.45, 2.75) is 32.7 Å². The third-order valence-corrected chi connectivity index (χ3v) is 7.37. The van der Waals surface area contributed by atoms with Crippen molar-refractivity contribution >= 4 is 22.3 Å². The maximum absolute atomic E-state index is 12.9. The monoisotopic (exact) mass is 459 g/mol. The van der Waals surface area contributed by atoms with E-state index in [1.165, 1.54) is 12.8 Å². The predicted molar refractivity (Wildman–Crippen MR) is 131 cm³/mol. The number of benzene rings is 1. The van der Waals surface area contributed by atoms with Crippen LogP contribution in [0.4, 0.5) is 5.69 Å². The van der Waals surface area contributed by atoms with E-state index in [1.54, 1.807) is 0 Å². The van der Waals surface area contributed by atoms with Gasteiger partial charge in [-0.25, -0.2) is 9.78 Å². The lowest BCUT2D eigenvalue weighted by Gasteiger charge is -2.36. The Hall–Kier alpha value is -3.23. The van der Waals surface area contributed by atoms with E-state index < -0.39 is 0 Å². The number of fused-ring (bicyclic) bond motifs is 3. The summed E-state index contributed by atoms with van der Waals surface area (Å²) in [5, 5.41) is 10.3. The van der Waals surface area contributed by atoms with Crippen molar-refractivity contribution in [3.8, 4) is 11.3 Å². The minimum atomic E-state index is -0.389. The Morgan fingerprint density at radius 3 is 2.88 bits per heavy atom. The molecule has 2 saturated heterocycles. The molecule has 2 unspecified atom stereocenters. The quantitative estimate of drug-likeness (QED) is 0.470. The molecular formula is C26H29N5O3. The molecule has 0 aliphatic carbocycles. The molecule has 1 N–H and O–H groups in total. The summed E-state index contributed by atoms with van der Waals surface area (Å²) >= 11 is 0. The van der Waals surface area contributed by atoms with E-state index in [4.69, 9.17) is 4.42 Å². The Kier molecular flexibility index (Phi) is 5.15. The van der Waals surface area contributed by atoms with Gasteiger partial charge in [0.15, 0.2) is 5.65 Å². The molecule has 2 atom stereocenters. The average molecular weight is 460 g/mol. The normalized spacial score (nSPS) is 21.0. The molecule has 2 aliphatic heterocycles. The molecule has 0 radical (unpaired) electrons. The molecule has 5 heterocycles. The van der Waals surface area contributed by atoms with Gasteiger partial charge in [0.1, 0.15) is 5.58 Å². The molecule has 3 aromatic heterocycles. The SMILES string of the molecule is Cc1cn2cc(-c3cc4ccc(N5CC6CCCN(CCO)C6C5)cc4oc3=O)nc2c(C)n1. The molecular weight excluding hydrogens is 430 g/mol. The lowest BCUT2D eigenvalue weighted by Crippen LogP contribution is -2.46. The summed E-state index contributed by atoms with van der Waals surface area (Å²) in [5.41, 5.74) is 4.77. The number of hydrogen-bond acceptors (Lipinski definition) is 7. The second kappa shape index (κ2) is 8.21. The number of aryl methyl sites for hydroxylation is 2. The fourth-order valence-electron chi connectivity index (χ4n) is 5.80. The third kappa shape index (κ3) is 3.58. The number of anilines is 1. The van der Waals surface area contributed by atoms with E-state index in [9.17, 15) is 9.90 Å². The van der Waals surface area contributed by atoms with E-state index in [0.717, 1.165) is 54.3 Å². The molecule has 0 amide bonds. The molecule has 0 bridgehead atoms. The number of nitrogens with zero attached hydrogens (tertiary/aromatic N) is 5. The van der Waals surface area contributed by atoms with Crippen molar-refractivity contribution in [3.05, 3.63) is 58.5 Å².